The molecule has 1 fully saturated rings. The van der Waals surface area contributed by atoms with E-state index in [2.05, 4.69) is 78.6 Å². The Balaban J connectivity index is 3.26. The fourth-order valence-corrected chi connectivity index (χ4v) is 6.91. The van der Waals surface area contributed by atoms with Gasteiger partial charge in [-0.25, -0.2) is 0 Å². The largest absolute Gasteiger partial charge is 0.415 e. The summed E-state index contributed by atoms with van der Waals surface area (Å²) in [5, 5.41) is 10.8. The summed E-state index contributed by atoms with van der Waals surface area (Å²) in [6, 6.07) is 0. The highest BCUT2D eigenvalue weighted by molar-refractivity contribution is 6.71. The molecule has 28 heavy (non-hydrogen) atoms. The van der Waals surface area contributed by atoms with Crippen LogP contribution in [0.4, 0.5) is 0 Å². The molecule has 0 bridgehead atoms. The maximum Gasteiger partial charge on any atom is 0.184 e. The Hall–Kier alpha value is 0.628. The summed E-state index contributed by atoms with van der Waals surface area (Å²) in [6.07, 6.45) is -2.67. The number of ether oxygens (including phenoxy) is 1. The number of rotatable bonds is 9. The van der Waals surface area contributed by atoms with Crippen molar-refractivity contribution in [1.82, 2.24) is 0 Å². The molecular weight excluding hydrogens is 425 g/mol. The molecule has 1 N–H and O–H groups in total. The summed E-state index contributed by atoms with van der Waals surface area (Å²) in [5.74, 6) is 0. The molecule has 0 spiro atoms. The van der Waals surface area contributed by atoms with Crippen LogP contribution in [0.5, 0.6) is 0 Å². The van der Waals surface area contributed by atoms with Gasteiger partial charge in [0, 0.05) is 0 Å². The van der Waals surface area contributed by atoms with Crippen LogP contribution >= 0.6 is 0 Å². The third kappa shape index (κ3) is 10.1. The molecule has 0 radical (unpaired) electrons. The zero-order valence-electron chi connectivity index (χ0n) is 20.1. The molecular formula is C18H44O6Si4. The Kier molecular flexibility index (Phi) is 8.96. The minimum atomic E-state index is -1.94. The summed E-state index contributed by atoms with van der Waals surface area (Å²) in [7, 11) is -7.50. The lowest BCUT2D eigenvalue weighted by molar-refractivity contribution is -0.274. The molecule has 5 atom stereocenters. The molecule has 0 aliphatic carbocycles. The molecule has 1 aliphatic heterocycles. The average molecular weight is 469 g/mol. The van der Waals surface area contributed by atoms with Gasteiger partial charge in [-0.05, 0) is 78.6 Å². The van der Waals surface area contributed by atoms with Crippen molar-refractivity contribution in [1.29, 1.82) is 0 Å². The summed E-state index contributed by atoms with van der Waals surface area (Å²) in [6.45, 7) is 26.1. The number of aliphatic hydroxyl groups is 1. The molecule has 1 rings (SSSR count). The average Bonchev–Trinajstić information content (AvgIpc) is 2.39. The van der Waals surface area contributed by atoms with Crippen LogP contribution in [-0.2, 0) is 22.4 Å². The zero-order valence-corrected chi connectivity index (χ0v) is 24.1. The van der Waals surface area contributed by atoms with Crippen molar-refractivity contribution in [2.75, 3.05) is 6.61 Å². The van der Waals surface area contributed by atoms with Gasteiger partial charge in [-0.2, -0.15) is 0 Å². The summed E-state index contributed by atoms with van der Waals surface area (Å²) < 4.78 is 31.7. The van der Waals surface area contributed by atoms with Crippen LogP contribution in [0.2, 0.25) is 78.6 Å². The molecule has 6 nitrogen and oxygen atoms in total. The first kappa shape index (κ1) is 26.7. The Labute approximate surface area is 176 Å². The highest BCUT2D eigenvalue weighted by Crippen LogP contribution is 2.33. The summed E-state index contributed by atoms with van der Waals surface area (Å²) >= 11 is 0. The van der Waals surface area contributed by atoms with Crippen molar-refractivity contribution < 1.29 is 27.5 Å². The number of hydrogen-bond acceptors (Lipinski definition) is 6. The molecule has 0 saturated carbocycles. The standard InChI is InChI=1S/C18H44O6Si4/c1-25(2,3)20-13-14-15(22-26(4,5)6)16(23-27(7,8)9)17(18(19)21-14)24-28(10,11)12/h14-19H,13H2,1-12H3/t14-,15+,16+,17+,18-/m1/s1. The zero-order chi connectivity index (χ0) is 22.1. The van der Waals surface area contributed by atoms with E-state index in [0.29, 0.717) is 6.61 Å². The molecule has 0 aromatic rings. The number of aliphatic hydroxyl groups excluding tert-OH is 1. The highest BCUT2D eigenvalue weighted by atomic mass is 28.4. The smallest absolute Gasteiger partial charge is 0.184 e. The second-order valence-corrected chi connectivity index (χ2v) is 29.5. The SMILES string of the molecule is C[Si](C)(C)OC[C@H]1O[C@@H](O)[C@@H](O[Si](C)(C)C)[C@@H](O[Si](C)(C)C)[C@H]1O[Si](C)(C)C. The topological polar surface area (TPSA) is 66.4 Å². The van der Waals surface area contributed by atoms with E-state index in [1.807, 2.05) is 0 Å². The van der Waals surface area contributed by atoms with E-state index < -0.39 is 45.7 Å². The summed E-state index contributed by atoms with van der Waals surface area (Å²) in [5.41, 5.74) is 0. The van der Waals surface area contributed by atoms with E-state index in [0.717, 1.165) is 0 Å². The van der Waals surface area contributed by atoms with Gasteiger partial charge >= 0.3 is 0 Å². The molecule has 1 aliphatic rings. The molecule has 10 heteroatoms. The van der Waals surface area contributed by atoms with Crippen LogP contribution in [0.15, 0.2) is 0 Å². The third-order valence-electron chi connectivity index (χ3n) is 3.76. The minimum absolute atomic E-state index is 0.320. The van der Waals surface area contributed by atoms with Gasteiger partial charge in [-0.1, -0.05) is 0 Å². The van der Waals surface area contributed by atoms with Gasteiger partial charge in [0.2, 0.25) is 0 Å². The second kappa shape index (κ2) is 9.41. The Morgan fingerprint density at radius 2 is 1.00 bits per heavy atom. The Bertz CT molecular complexity index is 492. The lowest BCUT2D eigenvalue weighted by Crippen LogP contribution is -2.66. The van der Waals surface area contributed by atoms with Gasteiger partial charge in [-0.3, -0.25) is 0 Å². The van der Waals surface area contributed by atoms with Crippen LogP contribution in [0, 0.1) is 0 Å². The quantitative estimate of drug-likeness (QED) is 0.511. The van der Waals surface area contributed by atoms with Crippen molar-refractivity contribution >= 4 is 33.3 Å². The summed E-state index contributed by atoms with van der Waals surface area (Å²) in [4.78, 5) is 0. The minimum Gasteiger partial charge on any atom is -0.415 e. The molecule has 168 valence electrons. The van der Waals surface area contributed by atoms with Crippen LogP contribution in [0.3, 0.4) is 0 Å². The van der Waals surface area contributed by atoms with Crippen LogP contribution in [0.25, 0.3) is 0 Å². The van der Waals surface area contributed by atoms with Crippen LogP contribution in [0.1, 0.15) is 0 Å². The van der Waals surface area contributed by atoms with Gasteiger partial charge in [0.05, 0.1) is 6.61 Å². The van der Waals surface area contributed by atoms with Gasteiger partial charge in [0.25, 0.3) is 0 Å². The fourth-order valence-electron chi connectivity index (χ4n) is 2.99. The van der Waals surface area contributed by atoms with E-state index in [4.69, 9.17) is 22.4 Å². The molecule has 0 aromatic carbocycles. The van der Waals surface area contributed by atoms with Gasteiger partial charge < -0.3 is 27.5 Å². The number of hydrogen-bond donors (Lipinski definition) is 1. The maximum absolute atomic E-state index is 10.8. The first-order valence-electron chi connectivity index (χ1n) is 10.3. The van der Waals surface area contributed by atoms with Crippen LogP contribution in [-0.4, -0.2) is 75.7 Å². The Morgan fingerprint density at radius 1 is 0.607 bits per heavy atom. The molecule has 0 amide bonds. The predicted octanol–water partition coefficient (Wildman–Crippen LogP) is 4.22. The van der Waals surface area contributed by atoms with Crippen molar-refractivity contribution in [2.24, 2.45) is 0 Å². The lowest BCUT2D eigenvalue weighted by atomic mass is 9.99. The monoisotopic (exact) mass is 468 g/mol. The predicted molar refractivity (Wildman–Crippen MR) is 125 cm³/mol. The first-order valence-corrected chi connectivity index (χ1v) is 23.9. The van der Waals surface area contributed by atoms with Crippen molar-refractivity contribution in [3.8, 4) is 0 Å². The normalized spacial score (nSPS) is 30.5. The second-order valence-electron chi connectivity index (χ2n) is 11.6. The van der Waals surface area contributed by atoms with E-state index in [1.54, 1.807) is 0 Å². The van der Waals surface area contributed by atoms with Crippen molar-refractivity contribution in [3.05, 3.63) is 0 Å². The van der Waals surface area contributed by atoms with E-state index in [9.17, 15) is 5.11 Å². The van der Waals surface area contributed by atoms with Gasteiger partial charge in [0.1, 0.15) is 24.4 Å². The van der Waals surface area contributed by atoms with E-state index >= 15 is 0 Å². The van der Waals surface area contributed by atoms with E-state index in [-0.39, 0.29) is 18.3 Å². The molecule has 0 aromatic heterocycles. The third-order valence-corrected chi connectivity index (χ3v) is 7.73. The Morgan fingerprint density at radius 3 is 1.39 bits per heavy atom. The van der Waals surface area contributed by atoms with E-state index in [1.165, 1.54) is 0 Å². The molecule has 1 saturated heterocycles. The van der Waals surface area contributed by atoms with Gasteiger partial charge in [-0.15, -0.1) is 0 Å². The fraction of sp³-hybridized carbons (Fsp3) is 1.00. The van der Waals surface area contributed by atoms with Gasteiger partial charge in [0.15, 0.2) is 39.6 Å². The molecule has 1 heterocycles. The van der Waals surface area contributed by atoms with Crippen LogP contribution < -0.4 is 0 Å². The highest BCUT2D eigenvalue weighted by Gasteiger charge is 2.51. The van der Waals surface area contributed by atoms with Crippen molar-refractivity contribution in [3.63, 3.8) is 0 Å². The molecule has 0 unspecified atom stereocenters. The maximum atomic E-state index is 10.8. The first-order chi connectivity index (χ1) is 12.3. The van der Waals surface area contributed by atoms with Crippen molar-refractivity contribution in [2.45, 2.75) is 109 Å². The lowest BCUT2D eigenvalue weighted by Gasteiger charge is -2.49.